The molecule has 96 valence electrons. The average molecular weight is 230 g/mol. The first-order valence-electron chi connectivity index (χ1n) is 6.28. The van der Waals surface area contributed by atoms with Crippen LogP contribution in [0.25, 0.3) is 0 Å². The Morgan fingerprint density at radius 2 is 2.12 bits per heavy atom. The summed E-state index contributed by atoms with van der Waals surface area (Å²) in [6.07, 6.45) is 2.32. The van der Waals surface area contributed by atoms with Crippen LogP contribution in [0.1, 0.15) is 19.8 Å². The van der Waals surface area contributed by atoms with Gasteiger partial charge in [0.25, 0.3) is 0 Å². The molecule has 0 amide bonds. The molecule has 2 N–H and O–H groups in total. The summed E-state index contributed by atoms with van der Waals surface area (Å²) in [5.74, 6) is 0.675. The standard InChI is InChI=1S/C12H26N2O2/c1-11-4-6-14(10-12(11)13)5-3-7-16-9-8-15-2/h11-12H,3-10,13H2,1-2H3. The minimum absolute atomic E-state index is 0.350. The molecule has 1 heterocycles. The van der Waals surface area contributed by atoms with Crippen LogP contribution in [0.5, 0.6) is 0 Å². The number of nitrogens with two attached hydrogens (primary N) is 1. The average Bonchev–Trinajstić information content (AvgIpc) is 2.28. The van der Waals surface area contributed by atoms with E-state index >= 15 is 0 Å². The summed E-state index contributed by atoms with van der Waals surface area (Å²) in [4.78, 5) is 2.45. The monoisotopic (exact) mass is 230 g/mol. The zero-order valence-corrected chi connectivity index (χ0v) is 10.7. The van der Waals surface area contributed by atoms with Crippen LogP contribution in [-0.4, -0.2) is 57.5 Å². The molecule has 0 saturated carbocycles. The molecule has 0 radical (unpaired) electrons. The van der Waals surface area contributed by atoms with Crippen molar-refractivity contribution in [1.29, 1.82) is 0 Å². The van der Waals surface area contributed by atoms with E-state index in [1.165, 1.54) is 13.0 Å². The number of rotatable bonds is 7. The number of hydrogen-bond donors (Lipinski definition) is 1. The van der Waals surface area contributed by atoms with Gasteiger partial charge in [-0.1, -0.05) is 6.92 Å². The highest BCUT2D eigenvalue weighted by molar-refractivity contribution is 4.80. The summed E-state index contributed by atoms with van der Waals surface area (Å²) in [6.45, 7) is 7.79. The largest absolute Gasteiger partial charge is 0.382 e. The minimum atomic E-state index is 0.350. The molecule has 4 heteroatoms. The molecule has 2 unspecified atom stereocenters. The zero-order valence-electron chi connectivity index (χ0n) is 10.7. The highest BCUT2D eigenvalue weighted by atomic mass is 16.5. The predicted molar refractivity (Wildman–Crippen MR) is 65.5 cm³/mol. The molecule has 0 aliphatic carbocycles. The van der Waals surface area contributed by atoms with Crippen LogP contribution < -0.4 is 5.73 Å². The number of methoxy groups -OCH3 is 1. The van der Waals surface area contributed by atoms with Gasteiger partial charge < -0.3 is 20.1 Å². The van der Waals surface area contributed by atoms with Crippen LogP contribution in [-0.2, 0) is 9.47 Å². The van der Waals surface area contributed by atoms with Crippen molar-refractivity contribution >= 4 is 0 Å². The highest BCUT2D eigenvalue weighted by Gasteiger charge is 2.22. The van der Waals surface area contributed by atoms with Gasteiger partial charge in [-0.15, -0.1) is 0 Å². The second-order valence-corrected chi connectivity index (χ2v) is 4.69. The quantitative estimate of drug-likeness (QED) is 0.654. The second-order valence-electron chi connectivity index (χ2n) is 4.69. The van der Waals surface area contributed by atoms with E-state index in [1.54, 1.807) is 7.11 Å². The molecule has 1 rings (SSSR count). The molecular weight excluding hydrogens is 204 g/mol. The van der Waals surface area contributed by atoms with Gasteiger partial charge in [0.05, 0.1) is 13.2 Å². The Bertz CT molecular complexity index is 178. The van der Waals surface area contributed by atoms with Gasteiger partial charge in [0.2, 0.25) is 0 Å². The van der Waals surface area contributed by atoms with E-state index in [1.807, 2.05) is 0 Å². The molecule has 0 spiro atoms. The maximum absolute atomic E-state index is 6.05. The molecule has 2 atom stereocenters. The molecule has 1 fully saturated rings. The van der Waals surface area contributed by atoms with Gasteiger partial charge in [-0.2, -0.15) is 0 Å². The molecule has 0 aromatic heterocycles. The van der Waals surface area contributed by atoms with E-state index < -0.39 is 0 Å². The van der Waals surface area contributed by atoms with Gasteiger partial charge in [0, 0.05) is 32.8 Å². The molecule has 1 aliphatic heterocycles. The van der Waals surface area contributed by atoms with Crippen LogP contribution in [0.4, 0.5) is 0 Å². The number of ether oxygens (including phenoxy) is 2. The Hall–Kier alpha value is -0.160. The Kier molecular flexibility index (Phi) is 6.96. The van der Waals surface area contributed by atoms with Crippen molar-refractivity contribution < 1.29 is 9.47 Å². The van der Waals surface area contributed by atoms with E-state index in [2.05, 4.69) is 11.8 Å². The second kappa shape index (κ2) is 8.01. The molecule has 0 aromatic rings. The lowest BCUT2D eigenvalue weighted by Gasteiger charge is -2.34. The first-order chi connectivity index (χ1) is 7.74. The van der Waals surface area contributed by atoms with Crippen LogP contribution >= 0.6 is 0 Å². The van der Waals surface area contributed by atoms with Gasteiger partial charge in [-0.05, 0) is 25.3 Å². The summed E-state index contributed by atoms with van der Waals surface area (Å²) >= 11 is 0. The van der Waals surface area contributed by atoms with Crippen LogP contribution in [0.3, 0.4) is 0 Å². The maximum atomic E-state index is 6.05. The predicted octanol–water partition coefficient (Wildman–Crippen LogP) is 0.709. The topological polar surface area (TPSA) is 47.7 Å². The molecule has 1 saturated heterocycles. The fourth-order valence-corrected chi connectivity index (χ4v) is 2.01. The first kappa shape index (κ1) is 13.9. The van der Waals surface area contributed by atoms with Gasteiger partial charge in [0.1, 0.15) is 0 Å². The van der Waals surface area contributed by atoms with Crippen molar-refractivity contribution in [2.45, 2.75) is 25.8 Å². The Labute approximate surface area is 99.1 Å². The number of hydrogen-bond acceptors (Lipinski definition) is 4. The Morgan fingerprint density at radius 3 is 2.81 bits per heavy atom. The Morgan fingerprint density at radius 1 is 1.31 bits per heavy atom. The summed E-state index contributed by atoms with van der Waals surface area (Å²) in [5.41, 5.74) is 6.05. The summed E-state index contributed by atoms with van der Waals surface area (Å²) in [6, 6.07) is 0.350. The number of nitrogens with zero attached hydrogens (tertiary/aromatic N) is 1. The van der Waals surface area contributed by atoms with Crippen molar-refractivity contribution in [2.24, 2.45) is 11.7 Å². The van der Waals surface area contributed by atoms with Crippen LogP contribution in [0.15, 0.2) is 0 Å². The zero-order chi connectivity index (χ0) is 11.8. The summed E-state index contributed by atoms with van der Waals surface area (Å²) < 4.78 is 10.3. The van der Waals surface area contributed by atoms with Crippen molar-refractivity contribution in [1.82, 2.24) is 4.90 Å². The Balaban J connectivity index is 1.97. The van der Waals surface area contributed by atoms with Gasteiger partial charge in [0.15, 0.2) is 0 Å². The number of piperidine rings is 1. The fourth-order valence-electron chi connectivity index (χ4n) is 2.01. The third kappa shape index (κ3) is 5.25. The van der Waals surface area contributed by atoms with E-state index in [4.69, 9.17) is 15.2 Å². The van der Waals surface area contributed by atoms with Crippen molar-refractivity contribution in [2.75, 3.05) is 46.6 Å². The minimum Gasteiger partial charge on any atom is -0.382 e. The van der Waals surface area contributed by atoms with Gasteiger partial charge >= 0.3 is 0 Å². The lowest BCUT2D eigenvalue weighted by atomic mass is 9.94. The first-order valence-corrected chi connectivity index (χ1v) is 6.28. The van der Waals surface area contributed by atoms with Gasteiger partial charge in [-0.25, -0.2) is 0 Å². The molecule has 1 aliphatic rings. The smallest absolute Gasteiger partial charge is 0.0700 e. The molecule has 4 nitrogen and oxygen atoms in total. The SMILES string of the molecule is COCCOCCCN1CCC(C)C(N)C1. The molecule has 0 bridgehead atoms. The van der Waals surface area contributed by atoms with E-state index in [0.717, 1.165) is 26.1 Å². The van der Waals surface area contributed by atoms with E-state index in [9.17, 15) is 0 Å². The highest BCUT2D eigenvalue weighted by Crippen LogP contribution is 2.15. The third-order valence-corrected chi connectivity index (χ3v) is 3.30. The lowest BCUT2D eigenvalue weighted by molar-refractivity contribution is 0.0623. The van der Waals surface area contributed by atoms with E-state index in [0.29, 0.717) is 25.2 Å². The fraction of sp³-hybridized carbons (Fsp3) is 1.00. The molecule has 0 aromatic carbocycles. The van der Waals surface area contributed by atoms with Crippen molar-refractivity contribution in [3.63, 3.8) is 0 Å². The normalized spacial score (nSPS) is 27.2. The van der Waals surface area contributed by atoms with Crippen molar-refractivity contribution in [3.05, 3.63) is 0 Å². The number of likely N-dealkylation sites (tertiary alicyclic amines) is 1. The van der Waals surface area contributed by atoms with E-state index in [-0.39, 0.29) is 0 Å². The van der Waals surface area contributed by atoms with Crippen LogP contribution in [0.2, 0.25) is 0 Å². The summed E-state index contributed by atoms with van der Waals surface area (Å²) in [7, 11) is 1.69. The third-order valence-electron chi connectivity index (χ3n) is 3.30. The van der Waals surface area contributed by atoms with Crippen LogP contribution in [0, 0.1) is 5.92 Å². The summed E-state index contributed by atoms with van der Waals surface area (Å²) in [5, 5.41) is 0. The van der Waals surface area contributed by atoms with Crippen molar-refractivity contribution in [3.8, 4) is 0 Å². The molecular formula is C12H26N2O2. The maximum Gasteiger partial charge on any atom is 0.0700 e. The lowest BCUT2D eigenvalue weighted by Crippen LogP contribution is -2.47. The van der Waals surface area contributed by atoms with Gasteiger partial charge in [-0.3, -0.25) is 0 Å². The molecule has 16 heavy (non-hydrogen) atoms.